The summed E-state index contributed by atoms with van der Waals surface area (Å²) in [5, 5.41) is 0. The standard InChI is InChI=1S/C2H3ClO2.AsH3/c1-2(4)5-3;/h1H3;1H3. The van der Waals surface area contributed by atoms with Gasteiger partial charge in [0.1, 0.15) is 11.9 Å². The molecule has 2 nitrogen and oxygen atoms in total. The van der Waals surface area contributed by atoms with Crippen LogP contribution in [0.2, 0.25) is 0 Å². The van der Waals surface area contributed by atoms with Crippen molar-refractivity contribution in [1.82, 2.24) is 0 Å². The summed E-state index contributed by atoms with van der Waals surface area (Å²) in [6.07, 6.45) is 0. The zero-order chi connectivity index (χ0) is 4.28. The number of carbonyl (C=O) groups is 1. The van der Waals surface area contributed by atoms with Crippen molar-refractivity contribution < 1.29 is 9.08 Å². The van der Waals surface area contributed by atoms with Crippen LogP contribution in [0.4, 0.5) is 0 Å². The Morgan fingerprint density at radius 2 is 2.00 bits per heavy atom. The number of hydrogen-bond acceptors (Lipinski definition) is 2. The van der Waals surface area contributed by atoms with Crippen LogP contribution in [-0.4, -0.2) is 23.9 Å². The molecule has 0 spiro atoms. The third kappa shape index (κ3) is 8.85. The Bertz CT molecular complexity index is 46.8. The van der Waals surface area contributed by atoms with E-state index in [1.807, 2.05) is 0 Å². The fourth-order valence-corrected chi connectivity index (χ4v) is 0. The van der Waals surface area contributed by atoms with Crippen molar-refractivity contribution in [3.63, 3.8) is 0 Å². The van der Waals surface area contributed by atoms with E-state index < -0.39 is 5.97 Å². The molecule has 1 atom stereocenters. The van der Waals surface area contributed by atoms with Crippen LogP contribution in [-0.2, 0) is 9.08 Å². The quantitative estimate of drug-likeness (QED) is 0.462. The van der Waals surface area contributed by atoms with Crippen LogP contribution in [0, 0.1) is 0 Å². The van der Waals surface area contributed by atoms with Crippen LogP contribution in [0.3, 0.4) is 0 Å². The van der Waals surface area contributed by atoms with Gasteiger partial charge in [-0.05, 0) is 0 Å². The molecule has 38 valence electrons. The fourth-order valence-electron chi connectivity index (χ4n) is 0. The zero-order valence-electron chi connectivity index (χ0n) is 3.40. The summed E-state index contributed by atoms with van der Waals surface area (Å²) >= 11 is 4.49. The third-order valence-corrected chi connectivity index (χ3v) is 0.326. The van der Waals surface area contributed by atoms with Crippen molar-refractivity contribution in [2.75, 3.05) is 0 Å². The molecule has 0 bridgehead atoms. The van der Waals surface area contributed by atoms with E-state index in [-0.39, 0.29) is 18.0 Å². The van der Waals surface area contributed by atoms with Crippen LogP contribution < -0.4 is 0 Å². The first-order chi connectivity index (χ1) is 2.27. The first kappa shape index (κ1) is 9.58. The topological polar surface area (TPSA) is 26.3 Å². The van der Waals surface area contributed by atoms with E-state index in [9.17, 15) is 4.79 Å². The van der Waals surface area contributed by atoms with Gasteiger partial charge in [0.25, 0.3) is 0 Å². The molecule has 0 aromatic carbocycles. The van der Waals surface area contributed by atoms with Crippen molar-refractivity contribution in [2.45, 2.75) is 6.92 Å². The number of hydrogen-bond donors (Lipinski definition) is 0. The van der Waals surface area contributed by atoms with Crippen molar-refractivity contribution >= 4 is 35.8 Å². The minimum atomic E-state index is -0.480. The molecule has 6 heavy (non-hydrogen) atoms. The van der Waals surface area contributed by atoms with Crippen LogP contribution in [0.5, 0.6) is 0 Å². The molecule has 0 saturated heterocycles. The van der Waals surface area contributed by atoms with Crippen molar-refractivity contribution in [2.24, 2.45) is 0 Å². The van der Waals surface area contributed by atoms with Gasteiger partial charge >= 0.3 is 23.9 Å². The molecule has 0 aliphatic carbocycles. The average molecular weight is 172 g/mol. The normalized spacial score (nSPS) is 5.67. The predicted octanol–water partition coefficient (Wildman–Crippen LogP) is -0.481. The van der Waals surface area contributed by atoms with Gasteiger partial charge in [-0.25, -0.2) is 0 Å². The molecule has 0 aromatic rings. The molecule has 4 heteroatoms. The van der Waals surface area contributed by atoms with Gasteiger partial charge in [-0.1, -0.05) is 0 Å². The van der Waals surface area contributed by atoms with Crippen LogP contribution in [0.15, 0.2) is 0 Å². The van der Waals surface area contributed by atoms with Crippen LogP contribution in [0.1, 0.15) is 6.92 Å². The average Bonchev–Trinajstić information content (AvgIpc) is 1.38. The molecular weight excluding hydrogens is 166 g/mol. The van der Waals surface area contributed by atoms with Gasteiger partial charge in [-0.15, -0.1) is 0 Å². The zero-order valence-corrected chi connectivity index (χ0v) is 7.12. The molecular formula is C2H6AsClO2. The SMILES string of the molecule is CC(=O)OCl.[AsH3]. The first-order valence-corrected chi connectivity index (χ1v) is 1.37. The van der Waals surface area contributed by atoms with Gasteiger partial charge in [0, 0.05) is 6.92 Å². The number of halogens is 1. The summed E-state index contributed by atoms with van der Waals surface area (Å²) in [5.74, 6) is -0.480. The van der Waals surface area contributed by atoms with Gasteiger partial charge in [-0.3, -0.25) is 4.79 Å². The second kappa shape index (κ2) is 5.32. The van der Waals surface area contributed by atoms with Crippen molar-refractivity contribution in [3.8, 4) is 0 Å². The summed E-state index contributed by atoms with van der Waals surface area (Å²) < 4.78 is 3.58. The van der Waals surface area contributed by atoms with E-state index in [1.54, 1.807) is 0 Å². The van der Waals surface area contributed by atoms with E-state index in [0.29, 0.717) is 0 Å². The van der Waals surface area contributed by atoms with Gasteiger partial charge < -0.3 is 4.29 Å². The number of carbonyl (C=O) groups excluding carboxylic acids is 1. The van der Waals surface area contributed by atoms with Crippen LogP contribution >= 0.6 is 11.9 Å². The molecule has 0 saturated carbocycles. The Labute approximate surface area is 52.3 Å². The molecule has 0 aliphatic rings. The number of rotatable bonds is 0. The third-order valence-electron chi connectivity index (χ3n) is 0.109. The van der Waals surface area contributed by atoms with Crippen molar-refractivity contribution in [1.29, 1.82) is 0 Å². The monoisotopic (exact) mass is 172 g/mol. The summed E-state index contributed by atoms with van der Waals surface area (Å²) in [7, 11) is 0. The maximum absolute atomic E-state index is 9.46. The van der Waals surface area contributed by atoms with E-state index in [0.717, 1.165) is 0 Å². The molecule has 0 rings (SSSR count). The van der Waals surface area contributed by atoms with Crippen LogP contribution in [0.25, 0.3) is 0 Å². The second-order valence-electron chi connectivity index (χ2n) is 0.569. The summed E-state index contributed by atoms with van der Waals surface area (Å²) in [6, 6.07) is 0. The minimum absolute atomic E-state index is 0. The molecule has 0 amide bonds. The molecule has 1 unspecified atom stereocenters. The summed E-state index contributed by atoms with van der Waals surface area (Å²) in [5.41, 5.74) is 0. The Hall–Kier alpha value is 0.318. The summed E-state index contributed by atoms with van der Waals surface area (Å²) in [6.45, 7) is 1.23. The van der Waals surface area contributed by atoms with E-state index in [2.05, 4.69) is 16.2 Å². The van der Waals surface area contributed by atoms with Crippen molar-refractivity contribution in [3.05, 3.63) is 0 Å². The molecule has 0 fully saturated rings. The summed E-state index contributed by atoms with van der Waals surface area (Å²) in [4.78, 5) is 9.46. The molecule has 0 radical (unpaired) electrons. The Balaban J connectivity index is 0. The molecule has 0 N–H and O–H groups in total. The predicted molar refractivity (Wildman–Crippen MR) is 27.6 cm³/mol. The molecule has 0 aliphatic heterocycles. The molecule has 0 aromatic heterocycles. The second-order valence-corrected chi connectivity index (χ2v) is 0.723. The Kier molecular flexibility index (Phi) is 8.49. The van der Waals surface area contributed by atoms with E-state index in [4.69, 9.17) is 0 Å². The van der Waals surface area contributed by atoms with Gasteiger partial charge in [0.2, 0.25) is 0 Å². The Morgan fingerprint density at radius 3 is 2.00 bits per heavy atom. The maximum atomic E-state index is 9.46. The van der Waals surface area contributed by atoms with E-state index in [1.165, 1.54) is 6.92 Å². The fraction of sp³-hybridized carbons (Fsp3) is 0.500. The van der Waals surface area contributed by atoms with Gasteiger partial charge in [-0.2, -0.15) is 0 Å². The van der Waals surface area contributed by atoms with E-state index >= 15 is 0 Å². The van der Waals surface area contributed by atoms with Gasteiger partial charge in [0.15, 0.2) is 0 Å². The van der Waals surface area contributed by atoms with Gasteiger partial charge in [0.05, 0.1) is 0 Å². The first-order valence-electron chi connectivity index (χ1n) is 1.06. The Morgan fingerprint density at radius 1 is 1.83 bits per heavy atom. The molecule has 0 heterocycles.